The standard InChI is InChI=1S/C13H22O4/c1-3-4-8-17-13(15)11-7-5-6-10(9-11)12(14)16-2/h10-11H,3-9H2,1-2H3. The Kier molecular flexibility index (Phi) is 6.01. The van der Waals surface area contributed by atoms with Crippen molar-refractivity contribution in [3.05, 3.63) is 0 Å². The molecule has 2 atom stereocenters. The number of hydrogen-bond donors (Lipinski definition) is 0. The molecule has 0 aliphatic heterocycles. The Morgan fingerprint density at radius 1 is 1.18 bits per heavy atom. The Balaban J connectivity index is 2.37. The number of methoxy groups -OCH3 is 1. The van der Waals surface area contributed by atoms with Crippen LogP contribution in [0.4, 0.5) is 0 Å². The van der Waals surface area contributed by atoms with Crippen molar-refractivity contribution in [2.45, 2.75) is 45.4 Å². The van der Waals surface area contributed by atoms with Crippen molar-refractivity contribution >= 4 is 11.9 Å². The van der Waals surface area contributed by atoms with Crippen LogP contribution in [-0.2, 0) is 19.1 Å². The van der Waals surface area contributed by atoms with Crippen LogP contribution in [0.1, 0.15) is 45.4 Å². The number of unbranched alkanes of at least 4 members (excludes halogenated alkanes) is 1. The normalized spacial score (nSPS) is 24.1. The second-order valence-corrected chi connectivity index (χ2v) is 4.60. The number of esters is 2. The molecule has 98 valence electrons. The average Bonchev–Trinajstić information content (AvgIpc) is 2.38. The molecule has 1 aliphatic rings. The van der Waals surface area contributed by atoms with Crippen LogP contribution in [0.5, 0.6) is 0 Å². The van der Waals surface area contributed by atoms with Crippen molar-refractivity contribution in [1.29, 1.82) is 0 Å². The molecule has 4 heteroatoms. The third kappa shape index (κ3) is 4.36. The summed E-state index contributed by atoms with van der Waals surface area (Å²) in [5.41, 5.74) is 0. The zero-order chi connectivity index (χ0) is 12.7. The quantitative estimate of drug-likeness (QED) is 0.548. The van der Waals surface area contributed by atoms with Crippen molar-refractivity contribution < 1.29 is 19.1 Å². The molecule has 0 spiro atoms. The lowest BCUT2D eigenvalue weighted by Crippen LogP contribution is -2.29. The maximum absolute atomic E-state index is 11.8. The molecule has 0 heterocycles. The van der Waals surface area contributed by atoms with Gasteiger partial charge in [-0.05, 0) is 25.7 Å². The fraction of sp³-hybridized carbons (Fsp3) is 0.846. The SMILES string of the molecule is CCCCOC(=O)C1CCCC(C(=O)OC)C1. The van der Waals surface area contributed by atoms with Gasteiger partial charge in [0.25, 0.3) is 0 Å². The second-order valence-electron chi connectivity index (χ2n) is 4.60. The fourth-order valence-corrected chi connectivity index (χ4v) is 2.22. The lowest BCUT2D eigenvalue weighted by molar-refractivity contribution is -0.153. The molecule has 0 aromatic heterocycles. The van der Waals surface area contributed by atoms with E-state index in [4.69, 9.17) is 9.47 Å². The highest BCUT2D eigenvalue weighted by Crippen LogP contribution is 2.30. The third-order valence-corrected chi connectivity index (χ3v) is 3.28. The van der Waals surface area contributed by atoms with E-state index in [9.17, 15) is 9.59 Å². The van der Waals surface area contributed by atoms with Crippen LogP contribution in [0.3, 0.4) is 0 Å². The number of hydrogen-bond acceptors (Lipinski definition) is 4. The van der Waals surface area contributed by atoms with E-state index in [1.165, 1.54) is 7.11 Å². The van der Waals surface area contributed by atoms with Crippen molar-refractivity contribution in [3.8, 4) is 0 Å². The van der Waals surface area contributed by atoms with E-state index in [0.29, 0.717) is 13.0 Å². The molecular formula is C13H22O4. The molecule has 0 aromatic carbocycles. The van der Waals surface area contributed by atoms with Gasteiger partial charge in [0.1, 0.15) is 0 Å². The predicted octanol–water partition coefficient (Wildman–Crippen LogP) is 2.31. The maximum Gasteiger partial charge on any atom is 0.308 e. The van der Waals surface area contributed by atoms with Gasteiger partial charge in [-0.3, -0.25) is 9.59 Å². The average molecular weight is 242 g/mol. The molecule has 2 unspecified atom stereocenters. The lowest BCUT2D eigenvalue weighted by Gasteiger charge is -2.25. The molecule has 0 bridgehead atoms. The fourth-order valence-electron chi connectivity index (χ4n) is 2.22. The van der Waals surface area contributed by atoms with Crippen LogP contribution in [0.15, 0.2) is 0 Å². The molecule has 1 aliphatic carbocycles. The van der Waals surface area contributed by atoms with E-state index in [0.717, 1.165) is 32.1 Å². The first-order valence-electron chi connectivity index (χ1n) is 6.43. The molecule has 4 nitrogen and oxygen atoms in total. The summed E-state index contributed by atoms with van der Waals surface area (Å²) in [4.78, 5) is 23.2. The number of ether oxygens (including phenoxy) is 2. The number of rotatable bonds is 5. The smallest absolute Gasteiger partial charge is 0.308 e. The number of carbonyl (C=O) groups is 2. The van der Waals surface area contributed by atoms with Crippen LogP contribution in [-0.4, -0.2) is 25.7 Å². The topological polar surface area (TPSA) is 52.6 Å². The summed E-state index contributed by atoms with van der Waals surface area (Å²) in [6.07, 6.45) is 5.05. The van der Waals surface area contributed by atoms with Gasteiger partial charge in [0.05, 0.1) is 25.6 Å². The van der Waals surface area contributed by atoms with Crippen LogP contribution >= 0.6 is 0 Å². The Labute approximate surface area is 103 Å². The summed E-state index contributed by atoms with van der Waals surface area (Å²) in [6.45, 7) is 2.55. The highest BCUT2D eigenvalue weighted by Gasteiger charge is 2.32. The van der Waals surface area contributed by atoms with Gasteiger partial charge in [-0.15, -0.1) is 0 Å². The summed E-state index contributed by atoms with van der Waals surface area (Å²) < 4.78 is 9.92. The van der Waals surface area contributed by atoms with Gasteiger partial charge in [-0.1, -0.05) is 19.8 Å². The summed E-state index contributed by atoms with van der Waals surface area (Å²) in [5.74, 6) is -0.592. The Hall–Kier alpha value is -1.06. The molecule has 1 saturated carbocycles. The molecule has 1 fully saturated rings. The van der Waals surface area contributed by atoms with Crippen molar-refractivity contribution in [2.75, 3.05) is 13.7 Å². The summed E-state index contributed by atoms with van der Waals surface area (Å²) in [5, 5.41) is 0. The van der Waals surface area contributed by atoms with Crippen LogP contribution in [0.2, 0.25) is 0 Å². The van der Waals surface area contributed by atoms with Crippen molar-refractivity contribution in [1.82, 2.24) is 0 Å². The van der Waals surface area contributed by atoms with Crippen LogP contribution in [0.25, 0.3) is 0 Å². The molecule has 0 amide bonds. The van der Waals surface area contributed by atoms with Crippen molar-refractivity contribution in [2.24, 2.45) is 11.8 Å². The van der Waals surface area contributed by atoms with Gasteiger partial charge in [-0.25, -0.2) is 0 Å². The molecular weight excluding hydrogens is 220 g/mol. The highest BCUT2D eigenvalue weighted by atomic mass is 16.5. The zero-order valence-electron chi connectivity index (χ0n) is 10.7. The van der Waals surface area contributed by atoms with E-state index >= 15 is 0 Å². The predicted molar refractivity (Wildman–Crippen MR) is 63.3 cm³/mol. The molecule has 0 saturated heterocycles. The van der Waals surface area contributed by atoms with E-state index in [-0.39, 0.29) is 23.8 Å². The highest BCUT2D eigenvalue weighted by molar-refractivity contribution is 5.76. The lowest BCUT2D eigenvalue weighted by atomic mass is 9.81. The van der Waals surface area contributed by atoms with Crippen LogP contribution in [0, 0.1) is 11.8 Å². The Morgan fingerprint density at radius 3 is 2.41 bits per heavy atom. The largest absolute Gasteiger partial charge is 0.469 e. The van der Waals surface area contributed by atoms with Gasteiger partial charge < -0.3 is 9.47 Å². The summed E-state index contributed by atoms with van der Waals surface area (Å²) in [6, 6.07) is 0. The Morgan fingerprint density at radius 2 is 1.82 bits per heavy atom. The summed E-state index contributed by atoms with van der Waals surface area (Å²) >= 11 is 0. The Bertz CT molecular complexity index is 262. The minimum absolute atomic E-state index is 0.121. The minimum Gasteiger partial charge on any atom is -0.469 e. The second kappa shape index (κ2) is 7.30. The van der Waals surface area contributed by atoms with E-state index < -0.39 is 0 Å². The molecule has 0 aromatic rings. The molecule has 0 radical (unpaired) electrons. The first-order chi connectivity index (χ1) is 8.19. The first kappa shape index (κ1) is 14.0. The maximum atomic E-state index is 11.8. The van der Waals surface area contributed by atoms with Gasteiger partial charge in [-0.2, -0.15) is 0 Å². The summed E-state index contributed by atoms with van der Waals surface area (Å²) in [7, 11) is 1.39. The van der Waals surface area contributed by atoms with E-state index in [2.05, 4.69) is 6.92 Å². The molecule has 17 heavy (non-hydrogen) atoms. The van der Waals surface area contributed by atoms with Gasteiger partial charge in [0.2, 0.25) is 0 Å². The van der Waals surface area contributed by atoms with Crippen LogP contribution < -0.4 is 0 Å². The minimum atomic E-state index is -0.198. The monoisotopic (exact) mass is 242 g/mol. The molecule has 0 N–H and O–H groups in total. The van der Waals surface area contributed by atoms with E-state index in [1.807, 2.05) is 0 Å². The zero-order valence-corrected chi connectivity index (χ0v) is 10.7. The van der Waals surface area contributed by atoms with Crippen molar-refractivity contribution in [3.63, 3.8) is 0 Å². The van der Waals surface area contributed by atoms with Gasteiger partial charge in [0, 0.05) is 0 Å². The third-order valence-electron chi connectivity index (χ3n) is 3.28. The van der Waals surface area contributed by atoms with E-state index in [1.54, 1.807) is 0 Å². The van der Waals surface area contributed by atoms with Gasteiger partial charge >= 0.3 is 11.9 Å². The van der Waals surface area contributed by atoms with Gasteiger partial charge in [0.15, 0.2) is 0 Å². The molecule has 1 rings (SSSR count). The first-order valence-corrected chi connectivity index (χ1v) is 6.43. The number of carbonyl (C=O) groups excluding carboxylic acids is 2.